The lowest BCUT2D eigenvalue weighted by Gasteiger charge is -2.19. The van der Waals surface area contributed by atoms with Crippen LogP contribution in [0.3, 0.4) is 0 Å². The lowest BCUT2D eigenvalue weighted by atomic mass is 10.1. The van der Waals surface area contributed by atoms with Crippen LogP contribution in [0, 0.1) is 0 Å². The topological polar surface area (TPSA) is 78.3 Å². The molecule has 1 aromatic heterocycles. The third-order valence-corrected chi connectivity index (χ3v) is 3.12. The summed E-state index contributed by atoms with van der Waals surface area (Å²) in [5.74, 6) is -0.0146. The van der Waals surface area contributed by atoms with E-state index in [1.165, 1.54) is 0 Å². The summed E-state index contributed by atoms with van der Waals surface area (Å²) in [6.45, 7) is 3.33. The van der Waals surface area contributed by atoms with Gasteiger partial charge < -0.3 is 15.0 Å². The van der Waals surface area contributed by atoms with E-state index in [1.807, 2.05) is 12.1 Å². The van der Waals surface area contributed by atoms with Gasteiger partial charge in [-0.05, 0) is 26.0 Å². The van der Waals surface area contributed by atoms with E-state index in [2.05, 4.69) is 5.16 Å². The van der Waals surface area contributed by atoms with Crippen molar-refractivity contribution in [2.24, 2.45) is 5.73 Å². The maximum Gasteiger partial charge on any atom is 0.249 e. The molecule has 5 nitrogen and oxygen atoms in total. The van der Waals surface area contributed by atoms with Crippen LogP contribution in [0.2, 0.25) is 5.02 Å². The van der Waals surface area contributed by atoms with Gasteiger partial charge in [0.1, 0.15) is 17.9 Å². The molecule has 0 aliphatic rings. The van der Waals surface area contributed by atoms with Crippen LogP contribution in [0.1, 0.15) is 19.6 Å². The van der Waals surface area contributed by atoms with Crippen LogP contribution in [0.25, 0.3) is 11.3 Å². The van der Waals surface area contributed by atoms with Gasteiger partial charge in [0, 0.05) is 16.7 Å². The van der Waals surface area contributed by atoms with Crippen LogP contribution in [0.5, 0.6) is 0 Å². The lowest BCUT2D eigenvalue weighted by molar-refractivity contribution is -0.141. The highest BCUT2D eigenvalue weighted by molar-refractivity contribution is 6.30. The minimum Gasteiger partial charge on any atom is -0.367 e. The third kappa shape index (κ3) is 3.37. The fourth-order valence-electron chi connectivity index (χ4n) is 1.46. The molecular formula is C14H15ClN2O3. The Kier molecular flexibility index (Phi) is 4.11. The summed E-state index contributed by atoms with van der Waals surface area (Å²) in [5.41, 5.74) is 5.74. The number of rotatable bonds is 5. The molecule has 0 aliphatic carbocycles. The monoisotopic (exact) mass is 294 g/mol. The number of carbonyl (C=O) groups excluding carboxylic acids is 1. The molecule has 0 unspecified atom stereocenters. The zero-order valence-electron chi connectivity index (χ0n) is 11.2. The predicted octanol–water partition coefficient (Wildman–Crippen LogP) is 2.78. The van der Waals surface area contributed by atoms with E-state index >= 15 is 0 Å². The third-order valence-electron chi connectivity index (χ3n) is 2.87. The highest BCUT2D eigenvalue weighted by Crippen LogP contribution is 2.22. The van der Waals surface area contributed by atoms with Gasteiger partial charge in [-0.25, -0.2) is 0 Å². The Morgan fingerprint density at radius 1 is 1.40 bits per heavy atom. The Hall–Kier alpha value is -1.85. The lowest BCUT2D eigenvalue weighted by Crippen LogP contribution is -2.40. The Labute approximate surface area is 121 Å². The molecular weight excluding hydrogens is 280 g/mol. The molecule has 1 aromatic carbocycles. The number of primary amides is 1. The SMILES string of the molecule is CC(C)(OCc1cc(-c2ccc(Cl)cc2)no1)C(N)=O. The molecule has 1 amide bonds. The molecule has 20 heavy (non-hydrogen) atoms. The number of hydrogen-bond acceptors (Lipinski definition) is 4. The summed E-state index contributed by atoms with van der Waals surface area (Å²) in [6.07, 6.45) is 0. The molecule has 2 aromatic rings. The fraction of sp³-hybridized carbons (Fsp3) is 0.286. The van der Waals surface area contributed by atoms with Gasteiger partial charge >= 0.3 is 0 Å². The van der Waals surface area contributed by atoms with Crippen molar-refractivity contribution in [2.75, 3.05) is 0 Å². The van der Waals surface area contributed by atoms with E-state index < -0.39 is 11.5 Å². The Balaban J connectivity index is 2.06. The van der Waals surface area contributed by atoms with Crippen molar-refractivity contribution in [2.45, 2.75) is 26.1 Å². The molecule has 0 atom stereocenters. The summed E-state index contributed by atoms with van der Waals surface area (Å²) in [5, 5.41) is 4.60. The highest BCUT2D eigenvalue weighted by atomic mass is 35.5. The van der Waals surface area contributed by atoms with E-state index in [-0.39, 0.29) is 6.61 Å². The number of benzene rings is 1. The van der Waals surface area contributed by atoms with Crippen molar-refractivity contribution in [3.05, 3.63) is 41.1 Å². The van der Waals surface area contributed by atoms with E-state index in [0.29, 0.717) is 16.5 Å². The van der Waals surface area contributed by atoms with Crippen molar-refractivity contribution in [3.8, 4) is 11.3 Å². The molecule has 0 spiro atoms. The van der Waals surface area contributed by atoms with Crippen molar-refractivity contribution < 1.29 is 14.1 Å². The van der Waals surface area contributed by atoms with Gasteiger partial charge in [0.2, 0.25) is 5.91 Å². The van der Waals surface area contributed by atoms with Gasteiger partial charge in [-0.3, -0.25) is 4.79 Å². The van der Waals surface area contributed by atoms with Crippen molar-refractivity contribution in [3.63, 3.8) is 0 Å². The number of amides is 1. The molecule has 2 N–H and O–H groups in total. The zero-order valence-corrected chi connectivity index (χ0v) is 12.0. The van der Waals surface area contributed by atoms with Crippen LogP contribution in [0.4, 0.5) is 0 Å². The first-order valence-electron chi connectivity index (χ1n) is 6.04. The quantitative estimate of drug-likeness (QED) is 0.919. The van der Waals surface area contributed by atoms with Gasteiger partial charge in [0.25, 0.3) is 0 Å². The number of ether oxygens (including phenoxy) is 1. The Morgan fingerprint density at radius 2 is 2.05 bits per heavy atom. The molecule has 1 heterocycles. The minimum absolute atomic E-state index is 0.122. The number of hydrogen-bond donors (Lipinski definition) is 1. The van der Waals surface area contributed by atoms with E-state index in [9.17, 15) is 4.79 Å². The number of aromatic nitrogens is 1. The standard InChI is InChI=1S/C14H15ClN2O3/c1-14(2,13(16)18)19-8-11-7-12(17-20-11)9-3-5-10(15)6-4-9/h3-7H,8H2,1-2H3,(H2,16,18). The predicted molar refractivity (Wildman–Crippen MR) is 75.0 cm³/mol. The van der Waals surface area contributed by atoms with E-state index in [1.54, 1.807) is 32.0 Å². The maximum absolute atomic E-state index is 11.1. The first kappa shape index (κ1) is 14.6. The number of halogens is 1. The van der Waals surface area contributed by atoms with Crippen LogP contribution in [-0.2, 0) is 16.1 Å². The number of nitrogens with two attached hydrogens (primary N) is 1. The zero-order chi connectivity index (χ0) is 14.8. The normalized spacial score (nSPS) is 11.6. The molecule has 6 heteroatoms. The molecule has 0 saturated carbocycles. The molecule has 0 saturated heterocycles. The molecule has 0 radical (unpaired) electrons. The molecule has 2 rings (SSSR count). The second-order valence-corrected chi connectivity index (χ2v) is 5.29. The smallest absolute Gasteiger partial charge is 0.249 e. The van der Waals surface area contributed by atoms with Gasteiger partial charge in [-0.1, -0.05) is 28.9 Å². The summed E-state index contributed by atoms with van der Waals surface area (Å²) in [4.78, 5) is 11.1. The average Bonchev–Trinajstić information content (AvgIpc) is 2.86. The summed E-state index contributed by atoms with van der Waals surface area (Å²) < 4.78 is 10.6. The Morgan fingerprint density at radius 3 is 2.65 bits per heavy atom. The average molecular weight is 295 g/mol. The van der Waals surface area contributed by atoms with Gasteiger partial charge in [0.15, 0.2) is 5.76 Å². The number of carbonyl (C=O) groups is 1. The number of nitrogens with zero attached hydrogens (tertiary/aromatic N) is 1. The van der Waals surface area contributed by atoms with Crippen molar-refractivity contribution in [1.82, 2.24) is 5.16 Å². The Bertz CT molecular complexity index is 605. The first-order chi connectivity index (χ1) is 9.38. The second-order valence-electron chi connectivity index (χ2n) is 4.85. The second kappa shape index (κ2) is 5.64. The van der Waals surface area contributed by atoms with Crippen molar-refractivity contribution in [1.29, 1.82) is 0 Å². The molecule has 0 bridgehead atoms. The van der Waals surface area contributed by atoms with Gasteiger partial charge in [0.05, 0.1) is 0 Å². The van der Waals surface area contributed by atoms with Crippen LogP contribution in [0.15, 0.2) is 34.9 Å². The highest BCUT2D eigenvalue weighted by Gasteiger charge is 2.26. The van der Waals surface area contributed by atoms with Crippen LogP contribution in [-0.4, -0.2) is 16.7 Å². The minimum atomic E-state index is -1.05. The van der Waals surface area contributed by atoms with Gasteiger partial charge in [-0.2, -0.15) is 0 Å². The van der Waals surface area contributed by atoms with Crippen molar-refractivity contribution >= 4 is 17.5 Å². The first-order valence-corrected chi connectivity index (χ1v) is 6.42. The summed E-state index contributed by atoms with van der Waals surface area (Å²) in [6, 6.07) is 8.99. The summed E-state index contributed by atoms with van der Waals surface area (Å²) >= 11 is 5.83. The van der Waals surface area contributed by atoms with E-state index in [4.69, 9.17) is 26.6 Å². The largest absolute Gasteiger partial charge is 0.367 e. The molecule has 106 valence electrons. The molecule has 0 fully saturated rings. The maximum atomic E-state index is 11.1. The van der Waals surface area contributed by atoms with Crippen LogP contribution >= 0.6 is 11.6 Å². The summed E-state index contributed by atoms with van der Waals surface area (Å²) in [7, 11) is 0. The van der Waals surface area contributed by atoms with Crippen LogP contribution < -0.4 is 5.73 Å². The van der Waals surface area contributed by atoms with E-state index in [0.717, 1.165) is 5.56 Å². The fourth-order valence-corrected chi connectivity index (χ4v) is 1.59. The van der Waals surface area contributed by atoms with Gasteiger partial charge in [-0.15, -0.1) is 0 Å². The molecule has 0 aliphatic heterocycles.